The number of amides is 1. The lowest BCUT2D eigenvalue weighted by atomic mass is 10.2. The summed E-state index contributed by atoms with van der Waals surface area (Å²) in [4.78, 5) is 26.3. The third-order valence-corrected chi connectivity index (χ3v) is 5.33. The molecule has 0 unspecified atom stereocenters. The molecule has 3 aromatic heterocycles. The van der Waals surface area contributed by atoms with Gasteiger partial charge in [0.25, 0.3) is 0 Å². The van der Waals surface area contributed by atoms with Gasteiger partial charge < -0.3 is 14.5 Å². The molecular formula is C20H21N7O. The molecule has 0 radical (unpaired) electrons. The van der Waals surface area contributed by atoms with Crippen LogP contribution in [0, 0.1) is 0 Å². The summed E-state index contributed by atoms with van der Waals surface area (Å²) in [5.74, 6) is 1.01. The Morgan fingerprint density at radius 3 is 2.96 bits per heavy atom. The summed E-state index contributed by atoms with van der Waals surface area (Å²) in [6.45, 7) is 1.96. The number of H-pyrrole nitrogens is 1. The van der Waals surface area contributed by atoms with Crippen LogP contribution < -0.4 is 0 Å². The minimum absolute atomic E-state index is 0.159. The zero-order valence-corrected chi connectivity index (χ0v) is 15.7. The maximum absolute atomic E-state index is 12.6. The number of aryl methyl sites for hydroxylation is 2. The van der Waals surface area contributed by atoms with Crippen LogP contribution in [0.25, 0.3) is 22.6 Å². The van der Waals surface area contributed by atoms with Crippen LogP contribution in [-0.4, -0.2) is 46.7 Å². The average Bonchev–Trinajstić information content (AvgIpc) is 3.44. The zero-order valence-electron chi connectivity index (χ0n) is 15.7. The van der Waals surface area contributed by atoms with Gasteiger partial charge in [-0.1, -0.05) is 12.1 Å². The van der Waals surface area contributed by atoms with Crippen molar-refractivity contribution in [3.8, 4) is 11.5 Å². The van der Waals surface area contributed by atoms with Crippen molar-refractivity contribution < 1.29 is 4.79 Å². The summed E-state index contributed by atoms with van der Waals surface area (Å²) in [6.07, 6.45) is 4.57. The summed E-state index contributed by atoms with van der Waals surface area (Å²) in [5.41, 5.74) is 4.92. The molecule has 0 saturated carbocycles. The van der Waals surface area contributed by atoms with E-state index in [4.69, 9.17) is 10.1 Å². The van der Waals surface area contributed by atoms with Gasteiger partial charge in [-0.2, -0.15) is 5.10 Å². The maximum Gasteiger partial charge on any atom is 0.223 e. The second kappa shape index (κ2) is 6.63. The summed E-state index contributed by atoms with van der Waals surface area (Å²) in [6, 6.07) is 10.1. The lowest BCUT2D eigenvalue weighted by Gasteiger charge is -2.27. The molecule has 0 bridgehead atoms. The maximum atomic E-state index is 12.6. The van der Waals surface area contributed by atoms with Crippen molar-refractivity contribution in [1.29, 1.82) is 0 Å². The van der Waals surface area contributed by atoms with E-state index in [9.17, 15) is 4.79 Å². The van der Waals surface area contributed by atoms with Gasteiger partial charge in [-0.15, -0.1) is 0 Å². The molecule has 0 aliphatic carbocycles. The molecule has 0 spiro atoms. The Kier molecular flexibility index (Phi) is 3.96. The highest BCUT2D eigenvalue weighted by Crippen LogP contribution is 2.25. The van der Waals surface area contributed by atoms with Crippen LogP contribution >= 0.6 is 0 Å². The number of hydrogen-bond acceptors (Lipinski definition) is 4. The fourth-order valence-electron chi connectivity index (χ4n) is 3.78. The Labute approximate surface area is 161 Å². The Morgan fingerprint density at radius 2 is 2.14 bits per heavy atom. The monoisotopic (exact) mass is 375 g/mol. The number of nitrogens with zero attached hydrogens (tertiary/aromatic N) is 6. The number of aromatic nitrogens is 6. The van der Waals surface area contributed by atoms with Gasteiger partial charge in [0.2, 0.25) is 5.91 Å². The highest BCUT2D eigenvalue weighted by molar-refractivity contribution is 5.80. The predicted octanol–water partition coefficient (Wildman–Crippen LogP) is 2.13. The van der Waals surface area contributed by atoms with Gasteiger partial charge in [-0.3, -0.25) is 9.48 Å². The number of benzene rings is 1. The zero-order chi connectivity index (χ0) is 19.1. The number of aromatic amines is 1. The summed E-state index contributed by atoms with van der Waals surface area (Å²) >= 11 is 0. The quantitative estimate of drug-likeness (QED) is 0.592. The predicted molar refractivity (Wildman–Crippen MR) is 104 cm³/mol. The molecular weight excluding hydrogens is 354 g/mol. The number of carbonyl (C=O) groups excluding carboxylic acids is 1. The van der Waals surface area contributed by atoms with E-state index in [2.05, 4.69) is 26.7 Å². The Balaban J connectivity index is 1.35. The highest BCUT2D eigenvalue weighted by Gasteiger charge is 2.23. The second-order valence-corrected chi connectivity index (χ2v) is 7.12. The second-order valence-electron chi connectivity index (χ2n) is 7.12. The minimum atomic E-state index is 0.159. The molecule has 4 heterocycles. The molecule has 1 amide bonds. The number of para-hydroxylation sites is 2. The van der Waals surface area contributed by atoms with Crippen LogP contribution in [0.2, 0.25) is 0 Å². The van der Waals surface area contributed by atoms with E-state index >= 15 is 0 Å². The van der Waals surface area contributed by atoms with E-state index in [1.165, 1.54) is 0 Å². The molecule has 0 atom stereocenters. The fraction of sp³-hybridized carbons (Fsp3) is 0.300. The van der Waals surface area contributed by atoms with Crippen molar-refractivity contribution in [3.63, 3.8) is 0 Å². The van der Waals surface area contributed by atoms with E-state index < -0.39 is 0 Å². The molecule has 0 fully saturated rings. The van der Waals surface area contributed by atoms with E-state index in [1.807, 2.05) is 34.8 Å². The number of hydrogen-bond donors (Lipinski definition) is 1. The van der Waals surface area contributed by atoms with Crippen LogP contribution in [0.15, 0.2) is 42.9 Å². The molecule has 4 aromatic rings. The Hall–Kier alpha value is -3.42. The smallest absolute Gasteiger partial charge is 0.223 e. The first-order chi connectivity index (χ1) is 13.7. The third-order valence-electron chi connectivity index (χ3n) is 5.33. The molecule has 8 heteroatoms. The number of nitrogens with one attached hydrogen (secondary N) is 1. The molecule has 1 N–H and O–H groups in total. The molecule has 5 rings (SSSR count). The average molecular weight is 375 g/mol. The van der Waals surface area contributed by atoms with Gasteiger partial charge in [-0.25, -0.2) is 9.97 Å². The van der Waals surface area contributed by atoms with Gasteiger partial charge in [0.05, 0.1) is 36.1 Å². The van der Waals surface area contributed by atoms with E-state index in [0.717, 1.165) is 33.9 Å². The fourth-order valence-corrected chi connectivity index (χ4v) is 3.78. The molecule has 1 aliphatic rings. The van der Waals surface area contributed by atoms with Crippen molar-refractivity contribution in [2.45, 2.75) is 25.9 Å². The lowest BCUT2D eigenvalue weighted by Crippen LogP contribution is -2.38. The minimum Gasteiger partial charge on any atom is -0.348 e. The first-order valence-corrected chi connectivity index (χ1v) is 9.42. The van der Waals surface area contributed by atoms with Crippen LogP contribution in [0.4, 0.5) is 0 Å². The molecule has 1 aromatic carbocycles. The van der Waals surface area contributed by atoms with Crippen molar-refractivity contribution in [2.75, 3.05) is 6.54 Å². The Bertz CT molecular complexity index is 1140. The first-order valence-electron chi connectivity index (χ1n) is 9.42. The van der Waals surface area contributed by atoms with Gasteiger partial charge in [0, 0.05) is 31.9 Å². The first kappa shape index (κ1) is 16.7. The van der Waals surface area contributed by atoms with E-state index in [-0.39, 0.29) is 5.91 Å². The standard InChI is InChI=1S/C20H21N7O/c1-25-18-5-3-2-4-16(18)23-20(25)17-10-15-12-26(8-9-27(15)24-17)19(28)7-6-14-11-21-13-22-14/h2-5,10-11,13H,6-9,12H2,1H3,(H,21,22). The van der Waals surface area contributed by atoms with Crippen molar-refractivity contribution in [1.82, 2.24) is 34.2 Å². The molecule has 28 heavy (non-hydrogen) atoms. The summed E-state index contributed by atoms with van der Waals surface area (Å²) in [5, 5.41) is 4.74. The van der Waals surface area contributed by atoms with Gasteiger partial charge in [0.1, 0.15) is 5.69 Å². The number of fused-ring (bicyclic) bond motifs is 2. The van der Waals surface area contributed by atoms with Crippen molar-refractivity contribution in [2.24, 2.45) is 7.05 Å². The Morgan fingerprint density at radius 1 is 1.25 bits per heavy atom. The molecule has 142 valence electrons. The van der Waals surface area contributed by atoms with Crippen molar-refractivity contribution >= 4 is 16.9 Å². The van der Waals surface area contributed by atoms with E-state index in [1.54, 1.807) is 12.5 Å². The number of carbonyl (C=O) groups is 1. The van der Waals surface area contributed by atoms with Gasteiger partial charge in [-0.05, 0) is 24.6 Å². The lowest BCUT2D eigenvalue weighted by molar-refractivity contribution is -0.132. The largest absolute Gasteiger partial charge is 0.348 e. The van der Waals surface area contributed by atoms with Crippen molar-refractivity contribution in [3.05, 3.63) is 54.2 Å². The van der Waals surface area contributed by atoms with Crippen LogP contribution in [0.5, 0.6) is 0 Å². The molecule has 1 aliphatic heterocycles. The summed E-state index contributed by atoms with van der Waals surface area (Å²) < 4.78 is 4.06. The molecule has 0 saturated heterocycles. The number of imidazole rings is 2. The van der Waals surface area contributed by atoms with E-state index in [0.29, 0.717) is 32.5 Å². The summed E-state index contributed by atoms with van der Waals surface area (Å²) in [7, 11) is 2.01. The van der Waals surface area contributed by atoms with Gasteiger partial charge in [0.15, 0.2) is 5.82 Å². The normalized spacial score (nSPS) is 13.8. The van der Waals surface area contributed by atoms with Gasteiger partial charge >= 0.3 is 0 Å². The third kappa shape index (κ3) is 2.87. The van der Waals surface area contributed by atoms with Crippen LogP contribution in [0.1, 0.15) is 17.8 Å². The topological polar surface area (TPSA) is 84.6 Å². The highest BCUT2D eigenvalue weighted by atomic mass is 16.2. The SMILES string of the molecule is Cn1c(-c2cc3n(n2)CCN(C(=O)CCc2cnc[nH]2)C3)nc2ccccc21. The van der Waals surface area contributed by atoms with Crippen LogP contribution in [0.3, 0.4) is 0 Å². The van der Waals surface area contributed by atoms with Crippen LogP contribution in [-0.2, 0) is 31.4 Å². The molecule has 8 nitrogen and oxygen atoms in total. The number of rotatable bonds is 4.